The topological polar surface area (TPSA) is 55.6 Å². The summed E-state index contributed by atoms with van der Waals surface area (Å²) in [6.45, 7) is 4.81. The van der Waals surface area contributed by atoms with Gasteiger partial charge in [0.1, 0.15) is 5.82 Å². The molecule has 2 aromatic carbocycles. The molecule has 2 aromatic heterocycles. The molecule has 31 heavy (non-hydrogen) atoms. The van der Waals surface area contributed by atoms with Crippen molar-refractivity contribution in [2.24, 2.45) is 5.41 Å². The average molecular weight is 414 g/mol. The highest BCUT2D eigenvalue weighted by Crippen LogP contribution is 2.41. The number of nitrogens with one attached hydrogen (secondary N) is 1. The van der Waals surface area contributed by atoms with Crippen molar-refractivity contribution in [3.63, 3.8) is 0 Å². The Bertz CT molecular complexity index is 1170. The van der Waals surface area contributed by atoms with Gasteiger partial charge in [0.05, 0.1) is 18.8 Å². The standard InChI is InChI=1S/C26H27N3O2/c1-26(2,18-28-25(30)31-3)23(19-10-6-4-7-11-19)21-14-15-29-22(16-21)17-27-24(29)20-12-8-5-9-13-20/h4-17,23H,18H2,1-3H3,(H,28,30). The molecule has 0 aliphatic heterocycles. The molecule has 5 heteroatoms. The van der Waals surface area contributed by atoms with Crippen LogP contribution in [0.15, 0.2) is 85.2 Å². The van der Waals surface area contributed by atoms with Gasteiger partial charge < -0.3 is 10.1 Å². The van der Waals surface area contributed by atoms with E-state index in [0.29, 0.717) is 6.54 Å². The van der Waals surface area contributed by atoms with Gasteiger partial charge in [-0.25, -0.2) is 9.78 Å². The Morgan fingerprint density at radius 1 is 1.03 bits per heavy atom. The Morgan fingerprint density at radius 2 is 1.71 bits per heavy atom. The first-order valence-electron chi connectivity index (χ1n) is 10.4. The molecule has 0 saturated heterocycles. The van der Waals surface area contributed by atoms with Crippen LogP contribution in [0.25, 0.3) is 16.9 Å². The molecule has 1 unspecified atom stereocenters. The smallest absolute Gasteiger partial charge is 0.406 e. The Morgan fingerprint density at radius 3 is 2.39 bits per heavy atom. The predicted octanol–water partition coefficient (Wildman–Crippen LogP) is 5.52. The van der Waals surface area contributed by atoms with Crippen molar-refractivity contribution in [3.05, 3.63) is 96.3 Å². The molecule has 0 aliphatic carbocycles. The fraction of sp³-hybridized carbons (Fsp3) is 0.231. The number of carbonyl (C=O) groups excluding carboxylic acids is 1. The van der Waals surface area contributed by atoms with Gasteiger partial charge >= 0.3 is 6.09 Å². The van der Waals surface area contributed by atoms with E-state index in [4.69, 9.17) is 4.74 Å². The number of benzene rings is 2. The lowest BCUT2D eigenvalue weighted by Crippen LogP contribution is -2.38. The molecular weight excluding hydrogens is 386 g/mol. The molecule has 1 N–H and O–H groups in total. The van der Waals surface area contributed by atoms with Crippen LogP contribution in [-0.2, 0) is 4.74 Å². The van der Waals surface area contributed by atoms with Gasteiger partial charge in [-0.15, -0.1) is 0 Å². The fourth-order valence-corrected chi connectivity index (χ4v) is 4.21. The summed E-state index contributed by atoms with van der Waals surface area (Å²) in [5, 5.41) is 2.88. The fourth-order valence-electron chi connectivity index (χ4n) is 4.21. The third-order valence-electron chi connectivity index (χ3n) is 5.71. The molecule has 1 atom stereocenters. The van der Waals surface area contributed by atoms with Crippen LogP contribution < -0.4 is 5.32 Å². The number of ether oxygens (including phenoxy) is 1. The van der Waals surface area contributed by atoms with Crippen molar-refractivity contribution >= 4 is 11.6 Å². The summed E-state index contributed by atoms with van der Waals surface area (Å²) in [4.78, 5) is 16.4. The summed E-state index contributed by atoms with van der Waals surface area (Å²) >= 11 is 0. The third kappa shape index (κ3) is 4.31. The number of aromatic nitrogens is 2. The zero-order valence-electron chi connectivity index (χ0n) is 18.1. The Labute approximate surface area is 182 Å². The second-order valence-electron chi connectivity index (χ2n) is 8.38. The number of imidazole rings is 1. The first-order valence-corrected chi connectivity index (χ1v) is 10.4. The molecule has 4 aromatic rings. The highest BCUT2D eigenvalue weighted by atomic mass is 16.5. The molecule has 0 fully saturated rings. The van der Waals surface area contributed by atoms with Gasteiger partial charge in [-0.2, -0.15) is 0 Å². The van der Waals surface area contributed by atoms with Crippen molar-refractivity contribution in [1.82, 2.24) is 14.7 Å². The minimum Gasteiger partial charge on any atom is -0.453 e. The molecule has 1 amide bonds. The van der Waals surface area contributed by atoms with Gasteiger partial charge in [-0.3, -0.25) is 4.40 Å². The quantitative estimate of drug-likeness (QED) is 0.453. The predicted molar refractivity (Wildman–Crippen MR) is 123 cm³/mol. The van der Waals surface area contributed by atoms with E-state index in [9.17, 15) is 4.79 Å². The lowest BCUT2D eigenvalue weighted by Gasteiger charge is -2.35. The minimum atomic E-state index is -0.418. The highest BCUT2D eigenvalue weighted by Gasteiger charge is 2.33. The second kappa shape index (κ2) is 8.64. The third-order valence-corrected chi connectivity index (χ3v) is 5.71. The zero-order chi connectivity index (χ0) is 21.8. The highest BCUT2D eigenvalue weighted by molar-refractivity contribution is 5.67. The molecule has 4 rings (SSSR count). The van der Waals surface area contributed by atoms with Gasteiger partial charge in [0.15, 0.2) is 0 Å². The number of nitrogens with zero attached hydrogens (tertiary/aromatic N) is 2. The minimum absolute atomic E-state index is 0.0749. The monoisotopic (exact) mass is 413 g/mol. The van der Waals surface area contributed by atoms with Crippen LogP contribution in [-0.4, -0.2) is 29.1 Å². The summed E-state index contributed by atoms with van der Waals surface area (Å²) < 4.78 is 6.89. The Balaban J connectivity index is 1.75. The first kappa shape index (κ1) is 20.7. The number of fused-ring (bicyclic) bond motifs is 1. The number of carbonyl (C=O) groups is 1. The number of rotatable bonds is 6. The van der Waals surface area contributed by atoms with Crippen LogP contribution >= 0.6 is 0 Å². The van der Waals surface area contributed by atoms with Crippen molar-refractivity contribution < 1.29 is 9.53 Å². The van der Waals surface area contributed by atoms with Gasteiger partial charge in [0, 0.05) is 24.2 Å². The van der Waals surface area contributed by atoms with E-state index < -0.39 is 6.09 Å². The van der Waals surface area contributed by atoms with E-state index in [-0.39, 0.29) is 11.3 Å². The molecule has 5 nitrogen and oxygen atoms in total. The van der Waals surface area contributed by atoms with Crippen LogP contribution in [0.4, 0.5) is 4.79 Å². The average Bonchev–Trinajstić information content (AvgIpc) is 3.22. The lowest BCUT2D eigenvalue weighted by atomic mass is 9.71. The number of hydrogen-bond acceptors (Lipinski definition) is 3. The molecule has 0 saturated carbocycles. The van der Waals surface area contributed by atoms with Crippen LogP contribution in [0.3, 0.4) is 0 Å². The number of methoxy groups -OCH3 is 1. The van der Waals surface area contributed by atoms with Crippen molar-refractivity contribution in [3.8, 4) is 11.4 Å². The van der Waals surface area contributed by atoms with Crippen molar-refractivity contribution in [1.29, 1.82) is 0 Å². The SMILES string of the molecule is COC(=O)NCC(C)(C)C(c1ccccc1)c1ccn2c(-c3ccccc3)ncc2c1. The van der Waals surface area contributed by atoms with E-state index in [2.05, 4.69) is 83.3 Å². The Kier molecular flexibility index (Phi) is 5.76. The summed E-state index contributed by atoms with van der Waals surface area (Å²) in [6, 6.07) is 24.9. The second-order valence-corrected chi connectivity index (χ2v) is 8.38. The Hall–Kier alpha value is -3.60. The van der Waals surface area contributed by atoms with Crippen molar-refractivity contribution in [2.45, 2.75) is 19.8 Å². The van der Waals surface area contributed by atoms with Gasteiger partial charge in [-0.05, 0) is 28.7 Å². The number of alkyl carbamates (subject to hydrolysis) is 1. The van der Waals surface area contributed by atoms with Gasteiger partial charge in [-0.1, -0.05) is 74.5 Å². The van der Waals surface area contributed by atoms with E-state index in [0.717, 1.165) is 16.9 Å². The molecule has 0 bridgehead atoms. The van der Waals surface area contributed by atoms with Crippen LogP contribution in [0.1, 0.15) is 30.9 Å². The maximum absolute atomic E-state index is 11.7. The van der Waals surface area contributed by atoms with E-state index in [1.54, 1.807) is 0 Å². The van der Waals surface area contributed by atoms with E-state index >= 15 is 0 Å². The van der Waals surface area contributed by atoms with Crippen molar-refractivity contribution in [2.75, 3.05) is 13.7 Å². The maximum Gasteiger partial charge on any atom is 0.406 e. The molecule has 2 heterocycles. The molecule has 0 spiro atoms. The summed E-state index contributed by atoms with van der Waals surface area (Å²) in [5.41, 5.74) is 4.24. The van der Waals surface area contributed by atoms with E-state index in [1.165, 1.54) is 18.2 Å². The molecule has 158 valence electrons. The van der Waals surface area contributed by atoms with Gasteiger partial charge in [0.2, 0.25) is 0 Å². The number of pyridine rings is 1. The molecule has 0 aliphatic rings. The van der Waals surface area contributed by atoms with Crippen LogP contribution in [0.2, 0.25) is 0 Å². The molecular formula is C26H27N3O2. The van der Waals surface area contributed by atoms with Crippen LogP contribution in [0, 0.1) is 5.41 Å². The first-order chi connectivity index (χ1) is 15.0. The maximum atomic E-state index is 11.7. The zero-order valence-corrected chi connectivity index (χ0v) is 18.1. The number of amides is 1. The summed E-state index contributed by atoms with van der Waals surface area (Å²) in [7, 11) is 1.38. The summed E-state index contributed by atoms with van der Waals surface area (Å²) in [6.07, 6.45) is 3.58. The van der Waals surface area contributed by atoms with Gasteiger partial charge in [0.25, 0.3) is 0 Å². The van der Waals surface area contributed by atoms with Crippen LogP contribution in [0.5, 0.6) is 0 Å². The van der Waals surface area contributed by atoms with E-state index in [1.807, 2.05) is 30.5 Å². The molecule has 0 radical (unpaired) electrons. The summed E-state index contributed by atoms with van der Waals surface area (Å²) in [5.74, 6) is 0.996. The number of hydrogen-bond donors (Lipinski definition) is 1. The lowest BCUT2D eigenvalue weighted by molar-refractivity contribution is 0.163. The normalized spacial score (nSPS) is 12.5. The largest absolute Gasteiger partial charge is 0.453 e.